The number of carboxylic acids is 1. The van der Waals surface area contributed by atoms with Crippen molar-refractivity contribution in [1.82, 2.24) is 41.3 Å². The van der Waals surface area contributed by atoms with E-state index in [2.05, 4.69) is 31.6 Å². The number of aliphatic imine (C=N–C) groups is 1. The number of nitrogens with two attached hydrogens (primary N) is 3. The van der Waals surface area contributed by atoms with Gasteiger partial charge in [0, 0.05) is 26.2 Å². The lowest BCUT2D eigenvalue weighted by Gasteiger charge is -2.33. The number of nitrogens with zero attached hydrogens (tertiary/aromatic N) is 4. The van der Waals surface area contributed by atoms with E-state index in [0.717, 1.165) is 0 Å². The molecule has 0 aromatic carbocycles. The maximum atomic E-state index is 14.4. The minimum atomic E-state index is -1.55. The molecule has 3 saturated heterocycles. The van der Waals surface area contributed by atoms with E-state index in [1.165, 1.54) is 28.5 Å². The number of rotatable bonds is 24. The second kappa shape index (κ2) is 26.3. The Labute approximate surface area is 399 Å². The minimum absolute atomic E-state index is 0.0838. The predicted octanol–water partition coefficient (Wildman–Crippen LogP) is -2.00. The van der Waals surface area contributed by atoms with Crippen LogP contribution in [0.5, 0.6) is 0 Å². The third-order valence-electron chi connectivity index (χ3n) is 12.9. The van der Waals surface area contributed by atoms with E-state index in [4.69, 9.17) is 17.2 Å². The summed E-state index contributed by atoms with van der Waals surface area (Å²) < 4.78 is 0. The first-order valence-electron chi connectivity index (χ1n) is 24.1. The van der Waals surface area contributed by atoms with Crippen LogP contribution in [0.3, 0.4) is 0 Å². The second-order valence-corrected chi connectivity index (χ2v) is 19.2. The number of aliphatic hydroxyl groups is 1. The number of carbonyl (C=O) groups is 9. The van der Waals surface area contributed by atoms with E-state index in [0.29, 0.717) is 44.9 Å². The summed E-state index contributed by atoms with van der Waals surface area (Å²) >= 11 is 0. The summed E-state index contributed by atoms with van der Waals surface area (Å²) in [5.41, 5.74) is 16.8. The van der Waals surface area contributed by atoms with Crippen molar-refractivity contribution in [3.63, 3.8) is 0 Å². The Bertz CT molecular complexity index is 1840. The molecule has 3 heterocycles. The topological polar surface area (TPSA) is 354 Å². The van der Waals surface area contributed by atoms with Crippen LogP contribution < -0.4 is 43.8 Å². The number of hydrogen-bond acceptors (Lipinski definition) is 12. The summed E-state index contributed by atoms with van der Waals surface area (Å²) in [6, 6.07) is -9.95. The van der Waals surface area contributed by atoms with E-state index in [1.807, 2.05) is 20.8 Å². The molecule has 0 saturated carbocycles. The molecule has 0 unspecified atom stereocenters. The molecule has 3 aliphatic heterocycles. The monoisotopic (exact) mass is 963 g/mol. The quantitative estimate of drug-likeness (QED) is 0.0284. The molecule has 23 nitrogen and oxygen atoms in total. The number of aliphatic carboxylic acids is 1. The fraction of sp³-hybridized carbons (Fsp3) is 0.778. The third-order valence-corrected chi connectivity index (χ3v) is 12.9. The number of amides is 8. The van der Waals surface area contributed by atoms with Crippen molar-refractivity contribution < 1.29 is 53.4 Å². The largest absolute Gasteiger partial charge is 0.480 e. The highest BCUT2D eigenvalue weighted by Gasteiger charge is 2.45. The van der Waals surface area contributed by atoms with E-state index >= 15 is 0 Å². The molecule has 0 bridgehead atoms. The van der Waals surface area contributed by atoms with Gasteiger partial charge in [-0.2, -0.15) is 0 Å². The summed E-state index contributed by atoms with van der Waals surface area (Å²) in [6.07, 6.45) is 2.16. The molecule has 0 aromatic rings. The van der Waals surface area contributed by atoms with E-state index < -0.39 is 126 Å². The second-order valence-electron chi connectivity index (χ2n) is 19.2. The first kappa shape index (κ1) is 56.7. The highest BCUT2D eigenvalue weighted by atomic mass is 16.4. The van der Waals surface area contributed by atoms with Crippen molar-refractivity contribution in [3.8, 4) is 0 Å². The smallest absolute Gasteiger partial charge is 0.326 e. The summed E-state index contributed by atoms with van der Waals surface area (Å²) in [4.78, 5) is 130. The van der Waals surface area contributed by atoms with E-state index in [-0.39, 0.29) is 57.3 Å². The van der Waals surface area contributed by atoms with Gasteiger partial charge in [-0.25, -0.2) is 4.79 Å². The van der Waals surface area contributed by atoms with Crippen LogP contribution in [0.15, 0.2) is 4.99 Å². The minimum Gasteiger partial charge on any atom is -0.480 e. The first-order valence-corrected chi connectivity index (χ1v) is 24.1. The van der Waals surface area contributed by atoms with Crippen molar-refractivity contribution in [2.45, 2.75) is 180 Å². The zero-order valence-corrected chi connectivity index (χ0v) is 41.0. The Morgan fingerprint density at radius 3 is 1.74 bits per heavy atom. The van der Waals surface area contributed by atoms with Gasteiger partial charge in [-0.1, -0.05) is 48.0 Å². The fourth-order valence-corrected chi connectivity index (χ4v) is 8.88. The zero-order chi connectivity index (χ0) is 51.2. The summed E-state index contributed by atoms with van der Waals surface area (Å²) in [6.45, 7) is 14.4. The molecule has 3 fully saturated rings. The van der Waals surface area contributed by atoms with Crippen LogP contribution in [0.4, 0.5) is 0 Å². The van der Waals surface area contributed by atoms with Gasteiger partial charge in [0.1, 0.15) is 48.3 Å². The van der Waals surface area contributed by atoms with Crippen molar-refractivity contribution in [2.24, 2.45) is 39.9 Å². The highest BCUT2D eigenvalue weighted by Crippen LogP contribution is 2.26. The molecule has 68 heavy (non-hydrogen) atoms. The number of carbonyl (C=O) groups excluding carboxylic acids is 8. The van der Waals surface area contributed by atoms with Gasteiger partial charge in [-0.05, 0) is 89.4 Å². The number of nitrogens with one attached hydrogen (secondary N) is 5. The Balaban J connectivity index is 1.71. The van der Waals surface area contributed by atoms with E-state index in [1.54, 1.807) is 20.8 Å². The molecule has 0 spiro atoms. The zero-order valence-electron chi connectivity index (χ0n) is 41.0. The van der Waals surface area contributed by atoms with Gasteiger partial charge in [-0.3, -0.25) is 43.3 Å². The number of hydrogen-bond donors (Lipinski definition) is 10. The summed E-state index contributed by atoms with van der Waals surface area (Å²) in [5.74, 6) is -7.19. The van der Waals surface area contributed by atoms with Gasteiger partial charge in [0.15, 0.2) is 5.96 Å². The van der Waals surface area contributed by atoms with Crippen molar-refractivity contribution in [1.29, 1.82) is 0 Å². The van der Waals surface area contributed by atoms with Gasteiger partial charge in [0.2, 0.25) is 47.3 Å². The van der Waals surface area contributed by atoms with Crippen molar-refractivity contribution >= 4 is 59.2 Å². The Morgan fingerprint density at radius 1 is 0.662 bits per heavy atom. The number of likely N-dealkylation sites (tertiary alicyclic amines) is 3. The molecule has 0 aromatic heterocycles. The Kier molecular flexibility index (Phi) is 21.9. The molecule has 8 amide bonds. The average Bonchev–Trinajstić information content (AvgIpc) is 4.08. The number of aliphatic hydroxyl groups excluding tert-OH is 1. The molecule has 23 heteroatoms. The van der Waals surface area contributed by atoms with Crippen LogP contribution in [-0.2, 0) is 43.2 Å². The third kappa shape index (κ3) is 15.5. The van der Waals surface area contributed by atoms with Crippen LogP contribution in [0.25, 0.3) is 0 Å². The SMILES string of the molecule is CC[C@H](C)[C@H](NC(=O)[C@@H](NC(=O)[C@@H](N)CCCN=C(N)N)C(C)C)C(=O)N[C@@H](CC(C)C)C(=O)N1CCC[C@H]1C(=O)N[C@H](C(=O)N[C@@H](C)C(=O)N1CCC[C@H]1C(=O)N1CCC[C@H]1C(=O)O)[C@@H](C)O. The normalized spacial score (nSPS) is 21.7. The highest BCUT2D eigenvalue weighted by molar-refractivity contribution is 5.98. The van der Waals surface area contributed by atoms with Crippen molar-refractivity contribution in [3.05, 3.63) is 0 Å². The fourth-order valence-electron chi connectivity index (χ4n) is 8.88. The lowest BCUT2D eigenvalue weighted by molar-refractivity contribution is -0.152. The first-order chi connectivity index (χ1) is 31.9. The predicted molar refractivity (Wildman–Crippen MR) is 250 cm³/mol. The summed E-state index contributed by atoms with van der Waals surface area (Å²) in [5, 5.41) is 33.7. The van der Waals surface area contributed by atoms with Crippen LogP contribution in [0, 0.1) is 17.8 Å². The lowest BCUT2D eigenvalue weighted by atomic mass is 9.95. The van der Waals surface area contributed by atoms with Crippen LogP contribution >= 0.6 is 0 Å². The van der Waals surface area contributed by atoms with Gasteiger partial charge in [0.05, 0.1) is 12.1 Å². The van der Waals surface area contributed by atoms with Crippen molar-refractivity contribution in [2.75, 3.05) is 26.2 Å². The number of carboxylic acid groups (broad SMARTS) is 1. The molecule has 11 atom stereocenters. The maximum Gasteiger partial charge on any atom is 0.326 e. The Hall–Kier alpha value is -5.58. The molecule has 3 aliphatic rings. The molecular formula is C45H78N12O11. The molecule has 384 valence electrons. The average molecular weight is 963 g/mol. The molecule has 0 aliphatic carbocycles. The Morgan fingerprint density at radius 2 is 1.19 bits per heavy atom. The maximum absolute atomic E-state index is 14.4. The molecule has 13 N–H and O–H groups in total. The summed E-state index contributed by atoms with van der Waals surface area (Å²) in [7, 11) is 0. The molecule has 3 rings (SSSR count). The van der Waals surface area contributed by atoms with Gasteiger partial charge < -0.3 is 68.7 Å². The molecular weight excluding hydrogens is 885 g/mol. The standard InChI is InChI=1S/C45H78N12O11/c1-9-25(6)34(53-38(61)33(24(4)5)52-36(59)28(46)14-10-18-49-45(47)48)39(62)51-29(22-23(2)3)42(65)55-19-11-15-30(55)37(60)54-35(27(8)58)40(63)50-26(7)41(64)56-20-12-16-31(56)43(66)57-21-13-17-32(57)44(67)68/h23-35,58H,9-22,46H2,1-8H3,(H,50,63)(H,51,62)(H,52,59)(H,53,61)(H,54,60)(H,67,68)(H4,47,48,49)/t25-,26-,27+,28-,29-,30-,31-,32-,33-,34-,35-/m0/s1. The molecule has 0 radical (unpaired) electrons. The van der Waals surface area contributed by atoms with Crippen LogP contribution in [0.2, 0.25) is 0 Å². The van der Waals surface area contributed by atoms with Crippen LogP contribution in [-0.4, -0.2) is 171 Å². The lowest BCUT2D eigenvalue weighted by Crippen LogP contribution is -2.62. The number of guanidine groups is 1. The van der Waals surface area contributed by atoms with Gasteiger partial charge in [0.25, 0.3) is 0 Å². The van der Waals surface area contributed by atoms with Crippen LogP contribution in [0.1, 0.15) is 120 Å². The van der Waals surface area contributed by atoms with E-state index in [9.17, 15) is 53.4 Å². The van der Waals surface area contributed by atoms with Gasteiger partial charge >= 0.3 is 5.97 Å². The van der Waals surface area contributed by atoms with Gasteiger partial charge in [-0.15, -0.1) is 0 Å².